The van der Waals surface area contributed by atoms with Crippen molar-refractivity contribution in [2.45, 2.75) is 32.7 Å². The summed E-state index contributed by atoms with van der Waals surface area (Å²) in [7, 11) is 0. The molecule has 1 aromatic carbocycles. The summed E-state index contributed by atoms with van der Waals surface area (Å²) in [5.74, 6) is -1.44. The van der Waals surface area contributed by atoms with Crippen molar-refractivity contribution in [3.63, 3.8) is 0 Å². The lowest BCUT2D eigenvalue weighted by Gasteiger charge is -2.17. The first-order valence-electron chi connectivity index (χ1n) is 6.17. The molecule has 0 bridgehead atoms. The molecule has 0 heterocycles. The summed E-state index contributed by atoms with van der Waals surface area (Å²) in [5.41, 5.74) is 0.885. The van der Waals surface area contributed by atoms with E-state index >= 15 is 0 Å². The highest BCUT2D eigenvalue weighted by Crippen LogP contribution is 2.16. The van der Waals surface area contributed by atoms with Gasteiger partial charge in [-0.25, -0.2) is 4.79 Å². The minimum Gasteiger partial charge on any atom is -0.480 e. The third-order valence-corrected chi connectivity index (χ3v) is 3.20. The number of aryl methyl sites for hydroxylation is 1. The molecule has 19 heavy (non-hydrogen) atoms. The summed E-state index contributed by atoms with van der Waals surface area (Å²) >= 11 is 5.99. The van der Waals surface area contributed by atoms with Crippen LogP contribution in [0.4, 0.5) is 0 Å². The smallest absolute Gasteiger partial charge is 0.326 e. The number of halogens is 1. The van der Waals surface area contributed by atoms with Gasteiger partial charge in [-0.05, 0) is 24.0 Å². The van der Waals surface area contributed by atoms with Crippen molar-refractivity contribution >= 4 is 23.5 Å². The summed E-state index contributed by atoms with van der Waals surface area (Å²) in [6, 6.07) is 6.45. The number of nitrogens with one attached hydrogen (secondary N) is 1. The first kappa shape index (κ1) is 15.5. The number of rotatable bonds is 6. The number of carbonyl (C=O) groups excluding carboxylic acids is 1. The highest BCUT2D eigenvalue weighted by Gasteiger charge is 2.23. The van der Waals surface area contributed by atoms with E-state index in [1.54, 1.807) is 19.9 Å². The molecule has 104 valence electrons. The predicted molar refractivity (Wildman–Crippen MR) is 74.2 cm³/mol. The van der Waals surface area contributed by atoms with Crippen LogP contribution in [0.15, 0.2) is 24.3 Å². The minimum atomic E-state index is -1.01. The molecule has 0 radical (unpaired) electrons. The fraction of sp³-hybridized carbons (Fsp3) is 0.429. The topological polar surface area (TPSA) is 66.4 Å². The molecule has 4 nitrogen and oxygen atoms in total. The molecule has 1 amide bonds. The summed E-state index contributed by atoms with van der Waals surface area (Å²) in [6.07, 6.45) is 0.718. The molecule has 0 aliphatic carbocycles. The van der Waals surface area contributed by atoms with Gasteiger partial charge in [0.1, 0.15) is 6.04 Å². The average Bonchev–Trinajstić information content (AvgIpc) is 2.34. The number of benzene rings is 1. The van der Waals surface area contributed by atoms with E-state index < -0.39 is 12.0 Å². The standard InChI is InChI=1S/C14H18ClNO3/c1-9(2)13(14(18)19)16-12(17)8-7-10-5-3-4-6-11(10)15/h3-6,9,13H,7-8H2,1-2H3,(H,16,17)(H,18,19)/t13-/m1/s1. The summed E-state index contributed by atoms with van der Waals surface area (Å²) < 4.78 is 0. The van der Waals surface area contributed by atoms with Gasteiger partial charge in [-0.15, -0.1) is 0 Å². The molecule has 0 fully saturated rings. The number of carboxylic acid groups (broad SMARTS) is 1. The van der Waals surface area contributed by atoms with Gasteiger partial charge in [0.25, 0.3) is 0 Å². The second kappa shape index (κ2) is 7.14. The lowest BCUT2D eigenvalue weighted by molar-refractivity contribution is -0.143. The number of aliphatic carboxylic acids is 1. The number of carbonyl (C=O) groups is 2. The van der Waals surface area contributed by atoms with Crippen LogP contribution in [-0.2, 0) is 16.0 Å². The predicted octanol–water partition coefficient (Wildman–Crippen LogP) is 2.50. The maximum atomic E-state index is 11.7. The third-order valence-electron chi connectivity index (χ3n) is 2.83. The molecule has 2 N–H and O–H groups in total. The summed E-state index contributed by atoms with van der Waals surface area (Å²) in [4.78, 5) is 22.7. The average molecular weight is 284 g/mol. The second-order valence-corrected chi connectivity index (χ2v) is 5.13. The van der Waals surface area contributed by atoms with Crippen molar-refractivity contribution in [2.24, 2.45) is 5.92 Å². The molecule has 0 spiro atoms. The van der Waals surface area contributed by atoms with E-state index in [1.165, 1.54) is 0 Å². The first-order chi connectivity index (χ1) is 8.91. The molecule has 0 aromatic heterocycles. The zero-order valence-electron chi connectivity index (χ0n) is 11.0. The van der Waals surface area contributed by atoms with Crippen LogP contribution in [-0.4, -0.2) is 23.0 Å². The lowest BCUT2D eigenvalue weighted by Crippen LogP contribution is -2.44. The van der Waals surface area contributed by atoms with Gasteiger partial charge in [0.05, 0.1) is 0 Å². The van der Waals surface area contributed by atoms with Gasteiger partial charge in [-0.1, -0.05) is 43.6 Å². The SMILES string of the molecule is CC(C)[C@@H](NC(=O)CCc1ccccc1Cl)C(=O)O. The molecule has 0 aliphatic heterocycles. The van der Waals surface area contributed by atoms with Gasteiger partial charge in [0.2, 0.25) is 5.91 Å². The fourth-order valence-corrected chi connectivity index (χ4v) is 1.94. The van der Waals surface area contributed by atoms with Gasteiger partial charge in [-0.3, -0.25) is 4.79 Å². The van der Waals surface area contributed by atoms with E-state index in [9.17, 15) is 9.59 Å². The van der Waals surface area contributed by atoms with Crippen LogP contribution in [0, 0.1) is 5.92 Å². The largest absolute Gasteiger partial charge is 0.480 e. The monoisotopic (exact) mass is 283 g/mol. The van der Waals surface area contributed by atoms with Crippen LogP contribution in [0.2, 0.25) is 5.02 Å². The van der Waals surface area contributed by atoms with Crippen molar-refractivity contribution in [2.75, 3.05) is 0 Å². The Labute approximate surface area is 117 Å². The van der Waals surface area contributed by atoms with Crippen LogP contribution in [0.5, 0.6) is 0 Å². The van der Waals surface area contributed by atoms with Crippen molar-refractivity contribution < 1.29 is 14.7 Å². The Morgan fingerprint density at radius 2 is 1.95 bits per heavy atom. The zero-order valence-corrected chi connectivity index (χ0v) is 11.8. The number of hydrogen-bond donors (Lipinski definition) is 2. The lowest BCUT2D eigenvalue weighted by atomic mass is 10.0. The number of carboxylic acids is 1. The summed E-state index contributed by atoms with van der Waals surface area (Å²) in [5, 5.41) is 12.1. The quantitative estimate of drug-likeness (QED) is 0.843. The van der Waals surface area contributed by atoms with Gasteiger partial charge >= 0.3 is 5.97 Å². The Balaban J connectivity index is 2.52. The fourth-order valence-electron chi connectivity index (χ4n) is 1.71. The van der Waals surface area contributed by atoms with Crippen molar-refractivity contribution in [1.82, 2.24) is 5.32 Å². The van der Waals surface area contributed by atoms with Crippen LogP contribution in [0.3, 0.4) is 0 Å². The van der Waals surface area contributed by atoms with Crippen molar-refractivity contribution in [3.8, 4) is 0 Å². The Morgan fingerprint density at radius 1 is 1.32 bits per heavy atom. The Kier molecular flexibility index (Phi) is 5.83. The van der Waals surface area contributed by atoms with Crippen LogP contribution in [0.1, 0.15) is 25.8 Å². The van der Waals surface area contributed by atoms with Crippen LogP contribution in [0.25, 0.3) is 0 Å². The van der Waals surface area contributed by atoms with Gasteiger partial charge in [0.15, 0.2) is 0 Å². The molecule has 1 aromatic rings. The molecule has 0 saturated carbocycles. The molecule has 5 heteroatoms. The highest BCUT2D eigenvalue weighted by atomic mass is 35.5. The zero-order chi connectivity index (χ0) is 14.4. The molecule has 0 saturated heterocycles. The Hall–Kier alpha value is -1.55. The maximum absolute atomic E-state index is 11.7. The van der Waals surface area contributed by atoms with Crippen molar-refractivity contribution in [3.05, 3.63) is 34.9 Å². The molecular weight excluding hydrogens is 266 g/mol. The minimum absolute atomic E-state index is 0.151. The highest BCUT2D eigenvalue weighted by molar-refractivity contribution is 6.31. The van der Waals surface area contributed by atoms with Crippen LogP contribution >= 0.6 is 11.6 Å². The third kappa shape index (κ3) is 4.91. The van der Waals surface area contributed by atoms with Crippen LogP contribution < -0.4 is 5.32 Å². The van der Waals surface area contributed by atoms with Gasteiger partial charge in [0, 0.05) is 11.4 Å². The molecule has 1 atom stereocenters. The molecular formula is C14H18ClNO3. The molecule has 0 unspecified atom stereocenters. The molecule has 0 aliphatic rings. The van der Waals surface area contributed by atoms with Crippen molar-refractivity contribution in [1.29, 1.82) is 0 Å². The van der Waals surface area contributed by atoms with E-state index in [-0.39, 0.29) is 18.2 Å². The van der Waals surface area contributed by atoms with E-state index in [0.717, 1.165) is 5.56 Å². The maximum Gasteiger partial charge on any atom is 0.326 e. The van der Waals surface area contributed by atoms with E-state index in [1.807, 2.05) is 18.2 Å². The molecule has 1 rings (SSSR count). The Morgan fingerprint density at radius 3 is 2.47 bits per heavy atom. The van der Waals surface area contributed by atoms with Gasteiger partial charge in [-0.2, -0.15) is 0 Å². The van der Waals surface area contributed by atoms with Gasteiger partial charge < -0.3 is 10.4 Å². The van der Waals surface area contributed by atoms with E-state index in [2.05, 4.69) is 5.32 Å². The number of amides is 1. The Bertz CT molecular complexity index is 460. The first-order valence-corrected chi connectivity index (χ1v) is 6.55. The normalized spacial score (nSPS) is 12.2. The number of hydrogen-bond acceptors (Lipinski definition) is 2. The second-order valence-electron chi connectivity index (χ2n) is 4.72. The van der Waals surface area contributed by atoms with E-state index in [4.69, 9.17) is 16.7 Å². The van der Waals surface area contributed by atoms with E-state index in [0.29, 0.717) is 11.4 Å². The summed E-state index contributed by atoms with van der Waals surface area (Å²) in [6.45, 7) is 3.51.